The van der Waals surface area contributed by atoms with Crippen molar-refractivity contribution in [3.05, 3.63) is 0 Å². The Morgan fingerprint density at radius 1 is 1.31 bits per heavy atom. The molecule has 1 unspecified atom stereocenters. The van der Waals surface area contributed by atoms with Crippen molar-refractivity contribution < 1.29 is 5.11 Å². The van der Waals surface area contributed by atoms with E-state index in [4.69, 9.17) is 5.11 Å². The molecule has 2 heteroatoms. The van der Waals surface area contributed by atoms with Gasteiger partial charge < -0.3 is 5.11 Å². The van der Waals surface area contributed by atoms with E-state index in [2.05, 4.69) is 32.6 Å². The van der Waals surface area contributed by atoms with Crippen LogP contribution in [-0.2, 0) is 0 Å². The average Bonchev–Trinajstić information content (AvgIpc) is 2.47. The Morgan fingerprint density at radius 2 is 1.92 bits per heavy atom. The first kappa shape index (κ1) is 11.0. The molecule has 0 spiro atoms. The average molecular weight is 185 g/mol. The van der Waals surface area contributed by atoms with E-state index < -0.39 is 0 Å². The molecule has 13 heavy (non-hydrogen) atoms. The third-order valence-corrected chi connectivity index (χ3v) is 3.16. The lowest BCUT2D eigenvalue weighted by atomic mass is 9.98. The molecule has 0 radical (unpaired) electrons. The summed E-state index contributed by atoms with van der Waals surface area (Å²) in [4.78, 5) is 2.53. The van der Waals surface area contributed by atoms with Gasteiger partial charge in [0.1, 0.15) is 0 Å². The van der Waals surface area contributed by atoms with Crippen molar-refractivity contribution in [3.63, 3.8) is 0 Å². The van der Waals surface area contributed by atoms with Gasteiger partial charge in [0, 0.05) is 25.2 Å². The van der Waals surface area contributed by atoms with Crippen LogP contribution in [0.5, 0.6) is 0 Å². The maximum Gasteiger partial charge on any atom is 0.0472 e. The van der Waals surface area contributed by atoms with E-state index in [1.54, 1.807) is 0 Å². The Kier molecular flexibility index (Phi) is 3.74. The minimum Gasteiger partial charge on any atom is -0.396 e. The first-order valence-corrected chi connectivity index (χ1v) is 5.42. The summed E-state index contributed by atoms with van der Waals surface area (Å²) < 4.78 is 0. The molecule has 1 heterocycles. The minimum atomic E-state index is 0.354. The molecule has 0 saturated carbocycles. The molecule has 78 valence electrons. The molecule has 1 N–H and O–H groups in total. The van der Waals surface area contributed by atoms with Crippen LogP contribution in [-0.4, -0.2) is 35.2 Å². The Morgan fingerprint density at radius 3 is 2.23 bits per heavy atom. The number of rotatable bonds is 3. The first-order chi connectivity index (χ1) is 6.06. The maximum absolute atomic E-state index is 9.14. The fourth-order valence-electron chi connectivity index (χ4n) is 2.37. The van der Waals surface area contributed by atoms with Crippen LogP contribution in [0.25, 0.3) is 0 Å². The highest BCUT2D eigenvalue weighted by molar-refractivity contribution is 4.88. The first-order valence-electron chi connectivity index (χ1n) is 5.42. The topological polar surface area (TPSA) is 23.5 Å². The minimum absolute atomic E-state index is 0.354. The van der Waals surface area contributed by atoms with Crippen LogP contribution in [0.2, 0.25) is 0 Å². The van der Waals surface area contributed by atoms with Gasteiger partial charge in [0.2, 0.25) is 0 Å². The van der Waals surface area contributed by atoms with Gasteiger partial charge in [-0.05, 0) is 32.1 Å². The van der Waals surface area contributed by atoms with Crippen LogP contribution >= 0.6 is 0 Å². The third-order valence-electron chi connectivity index (χ3n) is 3.16. The van der Waals surface area contributed by atoms with Gasteiger partial charge in [-0.15, -0.1) is 0 Å². The van der Waals surface area contributed by atoms with Crippen molar-refractivity contribution in [2.45, 2.75) is 46.2 Å². The van der Waals surface area contributed by atoms with E-state index in [0.29, 0.717) is 30.5 Å². The van der Waals surface area contributed by atoms with Gasteiger partial charge in [-0.3, -0.25) is 4.90 Å². The summed E-state index contributed by atoms with van der Waals surface area (Å²) in [5, 5.41) is 9.14. The highest BCUT2D eigenvalue weighted by Crippen LogP contribution is 2.29. The summed E-state index contributed by atoms with van der Waals surface area (Å²) in [7, 11) is 0. The van der Waals surface area contributed by atoms with Gasteiger partial charge in [-0.1, -0.05) is 13.8 Å². The number of hydrogen-bond acceptors (Lipinski definition) is 2. The predicted molar refractivity (Wildman–Crippen MR) is 55.7 cm³/mol. The van der Waals surface area contributed by atoms with Crippen LogP contribution in [0, 0.1) is 11.8 Å². The van der Waals surface area contributed by atoms with Gasteiger partial charge in [0.05, 0.1) is 0 Å². The molecule has 0 aromatic heterocycles. The molecule has 1 rings (SSSR count). The SMILES string of the molecule is CC(C)[C@@H]1CC(CO)CN1C(C)C. The highest BCUT2D eigenvalue weighted by atomic mass is 16.3. The van der Waals surface area contributed by atoms with E-state index in [1.807, 2.05) is 0 Å². The second-order valence-electron chi connectivity index (χ2n) is 4.89. The van der Waals surface area contributed by atoms with Crippen LogP contribution in [0.4, 0.5) is 0 Å². The number of aliphatic hydroxyl groups excluding tert-OH is 1. The zero-order valence-corrected chi connectivity index (χ0v) is 9.33. The summed E-state index contributed by atoms with van der Waals surface area (Å²) in [6.45, 7) is 10.5. The fraction of sp³-hybridized carbons (Fsp3) is 1.00. The Labute approximate surface area is 81.9 Å². The molecule has 0 bridgehead atoms. The van der Waals surface area contributed by atoms with Crippen LogP contribution in [0.1, 0.15) is 34.1 Å². The third kappa shape index (κ3) is 2.44. The summed E-state index contributed by atoms with van der Waals surface area (Å²) in [5.74, 6) is 1.22. The quantitative estimate of drug-likeness (QED) is 0.724. The number of likely N-dealkylation sites (tertiary alicyclic amines) is 1. The maximum atomic E-state index is 9.14. The fourth-order valence-corrected chi connectivity index (χ4v) is 2.37. The monoisotopic (exact) mass is 185 g/mol. The standard InChI is InChI=1S/C11H23NO/c1-8(2)11-5-10(7-13)6-12(11)9(3)4/h8-11,13H,5-7H2,1-4H3/t10?,11-/m0/s1. The molecule has 0 aromatic carbocycles. The number of nitrogens with zero attached hydrogens (tertiary/aromatic N) is 1. The van der Waals surface area contributed by atoms with Gasteiger partial charge in [-0.2, -0.15) is 0 Å². The van der Waals surface area contributed by atoms with Crippen molar-refractivity contribution in [1.29, 1.82) is 0 Å². The molecule has 0 aromatic rings. The molecule has 1 fully saturated rings. The zero-order valence-electron chi connectivity index (χ0n) is 9.33. The van der Waals surface area contributed by atoms with Crippen molar-refractivity contribution >= 4 is 0 Å². The molecular formula is C11H23NO. The molecular weight excluding hydrogens is 162 g/mol. The molecule has 1 saturated heterocycles. The molecule has 0 amide bonds. The van der Waals surface area contributed by atoms with Gasteiger partial charge in [-0.25, -0.2) is 0 Å². The largest absolute Gasteiger partial charge is 0.396 e. The Bertz CT molecular complexity index is 140. The van der Waals surface area contributed by atoms with Crippen molar-refractivity contribution in [1.82, 2.24) is 4.90 Å². The van der Waals surface area contributed by atoms with Crippen molar-refractivity contribution in [2.75, 3.05) is 13.2 Å². The Balaban J connectivity index is 2.60. The molecule has 2 atom stereocenters. The molecule has 2 nitrogen and oxygen atoms in total. The lowest BCUT2D eigenvalue weighted by Gasteiger charge is -2.30. The van der Waals surface area contributed by atoms with Gasteiger partial charge >= 0.3 is 0 Å². The zero-order chi connectivity index (χ0) is 10.0. The summed E-state index contributed by atoms with van der Waals surface area (Å²) >= 11 is 0. The summed E-state index contributed by atoms with van der Waals surface area (Å²) in [6.07, 6.45) is 1.17. The lowest BCUT2D eigenvalue weighted by Crippen LogP contribution is -2.38. The van der Waals surface area contributed by atoms with Crippen molar-refractivity contribution in [2.24, 2.45) is 11.8 Å². The number of hydrogen-bond donors (Lipinski definition) is 1. The van der Waals surface area contributed by atoms with Crippen molar-refractivity contribution in [3.8, 4) is 0 Å². The van der Waals surface area contributed by atoms with E-state index in [9.17, 15) is 0 Å². The van der Waals surface area contributed by atoms with E-state index in [0.717, 1.165) is 6.54 Å². The molecule has 1 aliphatic rings. The van der Waals surface area contributed by atoms with E-state index >= 15 is 0 Å². The normalized spacial score (nSPS) is 30.7. The smallest absolute Gasteiger partial charge is 0.0472 e. The summed E-state index contributed by atoms with van der Waals surface area (Å²) in [5.41, 5.74) is 0. The van der Waals surface area contributed by atoms with E-state index in [1.165, 1.54) is 6.42 Å². The van der Waals surface area contributed by atoms with Crippen LogP contribution in [0.15, 0.2) is 0 Å². The number of aliphatic hydroxyl groups is 1. The second-order valence-corrected chi connectivity index (χ2v) is 4.89. The molecule has 1 aliphatic heterocycles. The summed E-state index contributed by atoms with van der Waals surface area (Å²) in [6, 6.07) is 1.29. The Hall–Kier alpha value is -0.0800. The van der Waals surface area contributed by atoms with Crippen LogP contribution in [0.3, 0.4) is 0 Å². The van der Waals surface area contributed by atoms with Gasteiger partial charge in [0.25, 0.3) is 0 Å². The predicted octanol–water partition coefficient (Wildman–Crippen LogP) is 1.73. The molecule has 0 aliphatic carbocycles. The highest BCUT2D eigenvalue weighted by Gasteiger charge is 2.34. The lowest BCUT2D eigenvalue weighted by molar-refractivity contribution is 0.160. The second kappa shape index (κ2) is 4.43. The van der Waals surface area contributed by atoms with E-state index in [-0.39, 0.29) is 0 Å². The van der Waals surface area contributed by atoms with Crippen LogP contribution < -0.4 is 0 Å². The van der Waals surface area contributed by atoms with Gasteiger partial charge in [0.15, 0.2) is 0 Å².